The highest BCUT2D eigenvalue weighted by atomic mass is 19.1. The summed E-state index contributed by atoms with van der Waals surface area (Å²) in [6.45, 7) is 4.19. The molecule has 0 amide bonds. The molecular weight excluding hydrogens is 451 g/mol. The van der Waals surface area contributed by atoms with Crippen LogP contribution in [0.2, 0.25) is 0 Å². The number of ether oxygens (including phenoxy) is 4. The number of fused-ring (bicyclic) bond motifs is 2. The van der Waals surface area contributed by atoms with Gasteiger partial charge in [-0.3, -0.25) is 0 Å². The van der Waals surface area contributed by atoms with Gasteiger partial charge in [0.2, 0.25) is 0 Å². The van der Waals surface area contributed by atoms with Crippen molar-refractivity contribution >= 4 is 0 Å². The van der Waals surface area contributed by atoms with Crippen molar-refractivity contribution in [2.24, 2.45) is 0 Å². The Labute approximate surface area is 203 Å². The third-order valence-electron chi connectivity index (χ3n) is 6.91. The fourth-order valence-electron chi connectivity index (χ4n) is 5.28. The van der Waals surface area contributed by atoms with Gasteiger partial charge >= 0.3 is 0 Å². The van der Waals surface area contributed by atoms with Crippen LogP contribution in [0.1, 0.15) is 47.8 Å². The molecule has 2 N–H and O–H groups in total. The predicted octanol–water partition coefficient (Wildman–Crippen LogP) is 5.43. The topological polar surface area (TPSA) is 77.4 Å². The highest BCUT2D eigenvalue weighted by Gasteiger charge is 2.35. The van der Waals surface area contributed by atoms with Crippen LogP contribution in [0.5, 0.6) is 23.0 Å². The average molecular weight is 481 g/mol. The van der Waals surface area contributed by atoms with Gasteiger partial charge in [-0.15, -0.1) is 0 Å². The Morgan fingerprint density at radius 3 is 2.26 bits per heavy atom. The molecule has 0 radical (unpaired) electrons. The lowest BCUT2D eigenvalue weighted by Crippen LogP contribution is -2.26. The third kappa shape index (κ3) is 3.98. The number of halogens is 1. The quantitative estimate of drug-likeness (QED) is 0.485. The molecule has 2 aliphatic rings. The first-order valence-corrected chi connectivity index (χ1v) is 11.7. The van der Waals surface area contributed by atoms with Crippen molar-refractivity contribution in [1.82, 2.24) is 0 Å². The van der Waals surface area contributed by atoms with Crippen molar-refractivity contribution in [3.8, 4) is 34.1 Å². The summed E-state index contributed by atoms with van der Waals surface area (Å²) in [5, 5.41) is 21.2. The Bertz CT molecular complexity index is 1270. The molecule has 2 heterocycles. The van der Waals surface area contributed by atoms with E-state index in [1.165, 1.54) is 12.1 Å². The van der Waals surface area contributed by atoms with Gasteiger partial charge in [0.05, 0.1) is 33.0 Å². The standard InChI is InChI=1S/C28H29FO6/c1-14-9-18-19(11-22(30)27(31)21(18)13-34-14)25-20-10-15(2)35-28(16-5-7-17(29)8-6-16)26(20)24(33-4)12-23(25)32-3/h5-8,11-12,14-15,28,30-31H,9-10,13H2,1-4H3/t14?,15-,28?/m0/s1. The van der Waals surface area contributed by atoms with E-state index in [2.05, 4.69) is 0 Å². The predicted molar refractivity (Wildman–Crippen MR) is 129 cm³/mol. The summed E-state index contributed by atoms with van der Waals surface area (Å²) in [7, 11) is 3.20. The van der Waals surface area contributed by atoms with Crippen LogP contribution in [0.25, 0.3) is 11.1 Å². The van der Waals surface area contributed by atoms with E-state index in [-0.39, 0.29) is 36.1 Å². The van der Waals surface area contributed by atoms with Gasteiger partial charge in [0.15, 0.2) is 11.5 Å². The van der Waals surface area contributed by atoms with Crippen molar-refractivity contribution in [3.63, 3.8) is 0 Å². The summed E-state index contributed by atoms with van der Waals surface area (Å²) in [4.78, 5) is 0. The van der Waals surface area contributed by atoms with E-state index in [9.17, 15) is 14.6 Å². The average Bonchev–Trinajstić information content (AvgIpc) is 2.85. The van der Waals surface area contributed by atoms with Crippen LogP contribution >= 0.6 is 0 Å². The number of phenolic OH excluding ortho intramolecular Hbond substituents is 2. The van der Waals surface area contributed by atoms with Gasteiger partial charge in [-0.2, -0.15) is 0 Å². The fourth-order valence-corrected chi connectivity index (χ4v) is 5.28. The van der Waals surface area contributed by atoms with E-state index in [4.69, 9.17) is 18.9 Å². The fraction of sp³-hybridized carbons (Fsp3) is 0.357. The van der Waals surface area contributed by atoms with Crippen LogP contribution in [-0.2, 0) is 28.9 Å². The minimum absolute atomic E-state index is 0.0421. The first-order valence-electron chi connectivity index (χ1n) is 11.7. The molecule has 6 nitrogen and oxygen atoms in total. The van der Waals surface area contributed by atoms with Crippen molar-refractivity contribution in [3.05, 3.63) is 70.0 Å². The van der Waals surface area contributed by atoms with E-state index in [0.29, 0.717) is 29.9 Å². The maximum Gasteiger partial charge on any atom is 0.163 e. The first kappa shape index (κ1) is 23.5. The monoisotopic (exact) mass is 480 g/mol. The van der Waals surface area contributed by atoms with Crippen LogP contribution in [0.15, 0.2) is 36.4 Å². The molecule has 0 spiro atoms. The summed E-state index contributed by atoms with van der Waals surface area (Å²) in [5.41, 5.74) is 5.74. The molecule has 7 heteroatoms. The van der Waals surface area contributed by atoms with Crippen LogP contribution in [0.4, 0.5) is 4.39 Å². The van der Waals surface area contributed by atoms with E-state index in [0.717, 1.165) is 33.4 Å². The molecule has 0 aromatic heterocycles. The van der Waals surface area contributed by atoms with Gasteiger partial charge in [-0.25, -0.2) is 4.39 Å². The van der Waals surface area contributed by atoms with E-state index in [1.807, 2.05) is 19.9 Å². The molecule has 2 unspecified atom stereocenters. The molecule has 0 fully saturated rings. The summed E-state index contributed by atoms with van der Waals surface area (Å²) < 4.78 is 37.4. The number of hydrogen-bond donors (Lipinski definition) is 2. The molecule has 3 aromatic carbocycles. The van der Waals surface area contributed by atoms with Gasteiger partial charge in [0.25, 0.3) is 0 Å². The molecule has 0 saturated carbocycles. The van der Waals surface area contributed by atoms with Gasteiger partial charge in [-0.1, -0.05) is 12.1 Å². The van der Waals surface area contributed by atoms with Crippen molar-refractivity contribution in [2.75, 3.05) is 14.2 Å². The van der Waals surface area contributed by atoms with Gasteiger partial charge < -0.3 is 29.2 Å². The molecule has 184 valence electrons. The first-order chi connectivity index (χ1) is 16.8. The molecule has 3 atom stereocenters. The second kappa shape index (κ2) is 9.06. The summed E-state index contributed by atoms with van der Waals surface area (Å²) in [6.07, 6.45) is 0.503. The zero-order valence-corrected chi connectivity index (χ0v) is 20.2. The summed E-state index contributed by atoms with van der Waals surface area (Å²) >= 11 is 0. The molecule has 2 aliphatic heterocycles. The van der Waals surface area contributed by atoms with Crippen LogP contribution in [0.3, 0.4) is 0 Å². The molecule has 5 rings (SSSR count). The van der Waals surface area contributed by atoms with Crippen LogP contribution < -0.4 is 9.47 Å². The highest BCUT2D eigenvalue weighted by molar-refractivity contribution is 5.83. The second-order valence-electron chi connectivity index (χ2n) is 9.21. The van der Waals surface area contributed by atoms with Gasteiger partial charge in [0.1, 0.15) is 23.4 Å². The second-order valence-corrected chi connectivity index (χ2v) is 9.21. The maximum absolute atomic E-state index is 13.7. The molecule has 0 aliphatic carbocycles. The lowest BCUT2D eigenvalue weighted by Gasteiger charge is -2.35. The Hall–Kier alpha value is -3.29. The summed E-state index contributed by atoms with van der Waals surface area (Å²) in [6, 6.07) is 9.71. The normalized spacial score (nSPS) is 21.2. The Kier molecular flexibility index (Phi) is 6.07. The summed E-state index contributed by atoms with van der Waals surface area (Å²) in [5.74, 6) is 0.522. The third-order valence-corrected chi connectivity index (χ3v) is 6.91. The van der Waals surface area contributed by atoms with E-state index < -0.39 is 6.10 Å². The molecular formula is C28H29FO6. The van der Waals surface area contributed by atoms with Crippen LogP contribution in [0, 0.1) is 5.82 Å². The number of phenols is 2. The number of aromatic hydroxyl groups is 2. The van der Waals surface area contributed by atoms with E-state index >= 15 is 0 Å². The Morgan fingerprint density at radius 2 is 1.57 bits per heavy atom. The maximum atomic E-state index is 13.7. The molecule has 3 aromatic rings. The van der Waals surface area contributed by atoms with Crippen molar-refractivity contribution in [1.29, 1.82) is 0 Å². The number of hydrogen-bond acceptors (Lipinski definition) is 6. The minimum Gasteiger partial charge on any atom is -0.504 e. The smallest absolute Gasteiger partial charge is 0.163 e. The molecule has 35 heavy (non-hydrogen) atoms. The SMILES string of the molecule is COc1cc(OC)c2c(c1-c1cc(O)c(O)c3c1CC(C)OC3)C[C@H](C)OC2c1ccc(F)cc1. The zero-order valence-electron chi connectivity index (χ0n) is 20.2. The largest absolute Gasteiger partial charge is 0.504 e. The molecule has 0 bridgehead atoms. The Morgan fingerprint density at radius 1 is 0.886 bits per heavy atom. The number of rotatable bonds is 4. The minimum atomic E-state index is -0.474. The van der Waals surface area contributed by atoms with E-state index in [1.54, 1.807) is 32.4 Å². The van der Waals surface area contributed by atoms with Crippen molar-refractivity contribution < 1.29 is 33.6 Å². The lowest BCUT2D eigenvalue weighted by molar-refractivity contribution is 0.00596. The van der Waals surface area contributed by atoms with Gasteiger partial charge in [0, 0.05) is 22.8 Å². The highest BCUT2D eigenvalue weighted by Crippen LogP contribution is 2.51. The van der Waals surface area contributed by atoms with Crippen LogP contribution in [-0.4, -0.2) is 36.6 Å². The van der Waals surface area contributed by atoms with Crippen molar-refractivity contribution in [2.45, 2.75) is 51.6 Å². The number of benzene rings is 3. The number of methoxy groups -OCH3 is 2. The van der Waals surface area contributed by atoms with Gasteiger partial charge in [-0.05, 0) is 67.1 Å². The zero-order chi connectivity index (χ0) is 24.9. The Balaban J connectivity index is 1.82. The lowest BCUT2D eigenvalue weighted by atomic mass is 9.81. The molecule has 0 saturated heterocycles.